The molecule has 1 amide bonds. The number of primary amides is 1. The number of aromatic nitrogens is 1. The van der Waals surface area contributed by atoms with Crippen LogP contribution in [0.15, 0.2) is 5.38 Å². The summed E-state index contributed by atoms with van der Waals surface area (Å²) in [5.41, 5.74) is 5.21. The minimum absolute atomic E-state index is 0.197. The number of carbonyl (C=O) groups excluding carboxylic acids is 1. The van der Waals surface area contributed by atoms with Crippen molar-refractivity contribution in [3.8, 4) is 0 Å². The summed E-state index contributed by atoms with van der Waals surface area (Å²) in [7, 11) is 0. The number of hydrogen-bond donors (Lipinski definition) is 3. The molecule has 1 aromatic heterocycles. The van der Waals surface area contributed by atoms with Crippen LogP contribution in [-0.4, -0.2) is 33.3 Å². The Morgan fingerprint density at radius 1 is 1.71 bits per heavy atom. The Balaban J connectivity index is 2.64. The Labute approximate surface area is 85.2 Å². The molecule has 0 bridgehead atoms. The first-order valence-electron chi connectivity index (χ1n) is 4.11. The summed E-state index contributed by atoms with van der Waals surface area (Å²) in [6.07, 6.45) is -1.44. The highest BCUT2D eigenvalue weighted by atomic mass is 32.1. The molecule has 0 saturated carbocycles. The predicted octanol–water partition coefficient (Wildman–Crippen LogP) is -0.474. The van der Waals surface area contributed by atoms with Gasteiger partial charge in [0.1, 0.15) is 5.69 Å². The lowest BCUT2D eigenvalue weighted by Gasteiger charge is -2.10. The summed E-state index contributed by atoms with van der Waals surface area (Å²) in [4.78, 5) is 14.6. The van der Waals surface area contributed by atoms with Crippen LogP contribution in [-0.2, 0) is 6.42 Å². The third kappa shape index (κ3) is 2.76. The van der Waals surface area contributed by atoms with E-state index in [0.29, 0.717) is 5.01 Å². The molecule has 0 saturated heterocycles. The number of rotatable bonds is 4. The molecule has 14 heavy (non-hydrogen) atoms. The van der Waals surface area contributed by atoms with Gasteiger partial charge in [-0.1, -0.05) is 0 Å². The number of aliphatic hydroxyl groups excluding tert-OH is 2. The fourth-order valence-electron chi connectivity index (χ4n) is 0.867. The van der Waals surface area contributed by atoms with E-state index in [-0.39, 0.29) is 12.1 Å². The van der Waals surface area contributed by atoms with Gasteiger partial charge in [-0.05, 0) is 6.92 Å². The van der Waals surface area contributed by atoms with E-state index in [4.69, 9.17) is 10.8 Å². The molecule has 78 valence electrons. The maximum Gasteiger partial charge on any atom is 0.268 e. The Morgan fingerprint density at radius 2 is 2.36 bits per heavy atom. The first kappa shape index (κ1) is 11.1. The first-order valence-corrected chi connectivity index (χ1v) is 4.99. The quantitative estimate of drug-likeness (QED) is 0.633. The van der Waals surface area contributed by atoms with Gasteiger partial charge in [0.2, 0.25) is 0 Å². The normalized spacial score (nSPS) is 15.1. The zero-order valence-electron chi connectivity index (χ0n) is 7.67. The molecule has 0 aliphatic carbocycles. The van der Waals surface area contributed by atoms with Crippen LogP contribution in [0.3, 0.4) is 0 Å². The van der Waals surface area contributed by atoms with Crippen LogP contribution in [0.4, 0.5) is 0 Å². The molecular formula is C8H12N2O3S. The molecule has 1 unspecified atom stereocenters. The Kier molecular flexibility index (Phi) is 3.56. The van der Waals surface area contributed by atoms with Gasteiger partial charge in [-0.25, -0.2) is 4.98 Å². The molecule has 4 N–H and O–H groups in total. The van der Waals surface area contributed by atoms with E-state index in [9.17, 15) is 9.90 Å². The van der Waals surface area contributed by atoms with Gasteiger partial charge in [-0.15, -0.1) is 11.3 Å². The predicted molar refractivity (Wildman–Crippen MR) is 52.0 cm³/mol. The highest BCUT2D eigenvalue weighted by Crippen LogP contribution is 2.12. The van der Waals surface area contributed by atoms with Gasteiger partial charge < -0.3 is 15.9 Å². The van der Waals surface area contributed by atoms with Crippen molar-refractivity contribution in [1.29, 1.82) is 0 Å². The lowest BCUT2D eigenvalue weighted by Crippen LogP contribution is -2.24. The molecule has 0 aliphatic rings. The van der Waals surface area contributed by atoms with E-state index < -0.39 is 18.1 Å². The van der Waals surface area contributed by atoms with Crippen molar-refractivity contribution in [3.63, 3.8) is 0 Å². The lowest BCUT2D eigenvalue weighted by molar-refractivity contribution is 0.0319. The Bertz CT molecular complexity index is 324. The average molecular weight is 216 g/mol. The second-order valence-corrected chi connectivity index (χ2v) is 3.95. The minimum atomic E-state index is -0.859. The summed E-state index contributed by atoms with van der Waals surface area (Å²) >= 11 is 1.24. The maximum atomic E-state index is 10.7. The number of nitrogens with zero attached hydrogens (tertiary/aromatic N) is 1. The minimum Gasteiger partial charge on any atom is -0.391 e. The van der Waals surface area contributed by atoms with Crippen LogP contribution < -0.4 is 5.73 Å². The Hall–Kier alpha value is -0.980. The number of amides is 1. The van der Waals surface area contributed by atoms with Crippen LogP contribution in [0.1, 0.15) is 22.4 Å². The zero-order chi connectivity index (χ0) is 10.7. The van der Waals surface area contributed by atoms with E-state index in [1.807, 2.05) is 0 Å². The summed E-state index contributed by atoms with van der Waals surface area (Å²) in [5.74, 6) is -0.584. The SMILES string of the molecule is C[C@@H](O)C(O)Cc1nc(C(N)=O)cs1. The molecule has 1 rings (SSSR count). The molecular weight excluding hydrogens is 204 g/mol. The van der Waals surface area contributed by atoms with Crippen LogP contribution >= 0.6 is 11.3 Å². The fraction of sp³-hybridized carbons (Fsp3) is 0.500. The third-order valence-corrected chi connectivity index (χ3v) is 2.62. The van der Waals surface area contributed by atoms with E-state index in [2.05, 4.69) is 4.98 Å². The third-order valence-electron chi connectivity index (χ3n) is 1.74. The summed E-state index contributed by atoms with van der Waals surface area (Å²) < 4.78 is 0. The van der Waals surface area contributed by atoms with Crippen LogP contribution in [0.25, 0.3) is 0 Å². The van der Waals surface area contributed by atoms with Crippen molar-refractivity contribution in [2.75, 3.05) is 0 Å². The van der Waals surface area contributed by atoms with Crippen LogP contribution in [0.2, 0.25) is 0 Å². The van der Waals surface area contributed by atoms with E-state index in [1.54, 1.807) is 0 Å². The molecule has 0 radical (unpaired) electrons. The number of hydrogen-bond acceptors (Lipinski definition) is 5. The van der Waals surface area contributed by atoms with Crippen molar-refractivity contribution < 1.29 is 15.0 Å². The van der Waals surface area contributed by atoms with Crippen LogP contribution in [0, 0.1) is 0 Å². The molecule has 0 fully saturated rings. The highest BCUT2D eigenvalue weighted by Gasteiger charge is 2.15. The number of aliphatic hydroxyl groups is 2. The van der Waals surface area contributed by atoms with E-state index in [0.717, 1.165) is 0 Å². The molecule has 0 aliphatic heterocycles. The van der Waals surface area contributed by atoms with Crippen molar-refractivity contribution in [2.45, 2.75) is 25.6 Å². The van der Waals surface area contributed by atoms with Crippen LogP contribution in [0.5, 0.6) is 0 Å². The molecule has 1 heterocycles. The van der Waals surface area contributed by atoms with E-state index >= 15 is 0 Å². The number of nitrogens with two attached hydrogens (primary N) is 1. The van der Waals surface area contributed by atoms with Gasteiger partial charge in [0.15, 0.2) is 0 Å². The van der Waals surface area contributed by atoms with Crippen molar-refractivity contribution >= 4 is 17.2 Å². The molecule has 0 aromatic carbocycles. The smallest absolute Gasteiger partial charge is 0.268 e. The number of carbonyl (C=O) groups is 1. The van der Waals surface area contributed by atoms with Gasteiger partial charge in [0.25, 0.3) is 5.91 Å². The summed E-state index contributed by atoms with van der Waals surface area (Å²) in [6, 6.07) is 0. The Morgan fingerprint density at radius 3 is 2.79 bits per heavy atom. The molecule has 5 nitrogen and oxygen atoms in total. The largest absolute Gasteiger partial charge is 0.391 e. The maximum absolute atomic E-state index is 10.7. The van der Waals surface area contributed by atoms with Crippen molar-refractivity contribution in [3.05, 3.63) is 16.1 Å². The van der Waals surface area contributed by atoms with E-state index in [1.165, 1.54) is 23.6 Å². The van der Waals surface area contributed by atoms with Gasteiger partial charge in [-0.2, -0.15) is 0 Å². The molecule has 2 atom stereocenters. The zero-order valence-corrected chi connectivity index (χ0v) is 8.49. The van der Waals surface area contributed by atoms with Gasteiger partial charge in [0, 0.05) is 11.8 Å². The average Bonchev–Trinajstić information content (AvgIpc) is 2.52. The molecule has 0 spiro atoms. The second kappa shape index (κ2) is 4.50. The standard InChI is InChI=1S/C8H12N2O3S/c1-4(11)6(12)2-7-10-5(3-14-7)8(9)13/h3-4,6,11-12H,2H2,1H3,(H2,9,13)/t4-,6?/m1/s1. The number of thiazole rings is 1. The van der Waals surface area contributed by atoms with Crippen molar-refractivity contribution in [2.24, 2.45) is 5.73 Å². The van der Waals surface area contributed by atoms with Gasteiger partial charge in [0.05, 0.1) is 17.2 Å². The first-order chi connectivity index (χ1) is 6.50. The monoisotopic (exact) mass is 216 g/mol. The molecule has 1 aromatic rings. The second-order valence-electron chi connectivity index (χ2n) is 3.00. The van der Waals surface area contributed by atoms with Crippen molar-refractivity contribution in [1.82, 2.24) is 4.98 Å². The lowest BCUT2D eigenvalue weighted by atomic mass is 10.2. The highest BCUT2D eigenvalue weighted by molar-refractivity contribution is 7.09. The fourth-order valence-corrected chi connectivity index (χ4v) is 1.70. The molecule has 6 heteroatoms. The summed E-state index contributed by atoms with van der Waals surface area (Å²) in [5, 5.41) is 20.5. The topological polar surface area (TPSA) is 96.4 Å². The summed E-state index contributed by atoms with van der Waals surface area (Å²) in [6.45, 7) is 1.49. The van der Waals surface area contributed by atoms with Gasteiger partial charge >= 0.3 is 0 Å². The van der Waals surface area contributed by atoms with Gasteiger partial charge in [-0.3, -0.25) is 4.79 Å².